The van der Waals surface area contributed by atoms with Crippen LogP contribution in [0.4, 0.5) is 8.78 Å². The van der Waals surface area contributed by atoms with Crippen LogP contribution in [0.1, 0.15) is 38.2 Å². The minimum Gasteiger partial charge on any atom is -0.472 e. The van der Waals surface area contributed by atoms with Crippen molar-refractivity contribution in [1.29, 1.82) is 0 Å². The van der Waals surface area contributed by atoms with Crippen LogP contribution in [-0.2, 0) is 6.42 Å². The Morgan fingerprint density at radius 2 is 2.39 bits per heavy atom. The highest BCUT2D eigenvalue weighted by Gasteiger charge is 2.39. The summed E-state index contributed by atoms with van der Waals surface area (Å²) in [6.07, 6.45) is 5.69. The summed E-state index contributed by atoms with van der Waals surface area (Å²) in [5.41, 5.74) is 1.08. The normalized spacial score (nSPS) is 24.9. The van der Waals surface area contributed by atoms with Crippen LogP contribution in [0, 0.1) is 5.92 Å². The second-order valence-corrected chi connectivity index (χ2v) is 5.21. The molecular weight excluding hydrogens is 236 g/mol. The summed E-state index contributed by atoms with van der Waals surface area (Å²) in [6, 6.07) is 2.03. The van der Waals surface area contributed by atoms with E-state index in [4.69, 9.17) is 4.42 Å². The molecule has 0 bridgehead atoms. The van der Waals surface area contributed by atoms with E-state index in [-0.39, 0.29) is 24.8 Å². The van der Waals surface area contributed by atoms with Crippen LogP contribution in [0.15, 0.2) is 23.0 Å². The molecule has 0 aromatic carbocycles. The first-order valence-corrected chi connectivity index (χ1v) is 6.73. The summed E-state index contributed by atoms with van der Waals surface area (Å²) in [7, 11) is 0. The number of alkyl halides is 2. The van der Waals surface area contributed by atoms with Gasteiger partial charge in [-0.05, 0) is 43.4 Å². The smallest absolute Gasteiger partial charge is 0.248 e. The Kier molecular flexibility index (Phi) is 4.38. The van der Waals surface area contributed by atoms with E-state index in [2.05, 4.69) is 5.32 Å². The van der Waals surface area contributed by atoms with E-state index in [9.17, 15) is 8.78 Å². The van der Waals surface area contributed by atoms with Gasteiger partial charge in [0.1, 0.15) is 0 Å². The van der Waals surface area contributed by atoms with Gasteiger partial charge >= 0.3 is 0 Å². The highest BCUT2D eigenvalue weighted by atomic mass is 19.3. The molecule has 1 saturated carbocycles. The number of halogens is 2. The van der Waals surface area contributed by atoms with Crippen LogP contribution in [0.3, 0.4) is 0 Å². The Morgan fingerprint density at radius 1 is 1.56 bits per heavy atom. The summed E-state index contributed by atoms with van der Waals surface area (Å²) < 4.78 is 32.0. The van der Waals surface area contributed by atoms with E-state index in [1.54, 1.807) is 12.5 Å². The first-order chi connectivity index (χ1) is 8.61. The highest BCUT2D eigenvalue weighted by molar-refractivity contribution is 5.08. The lowest BCUT2D eigenvalue weighted by Crippen LogP contribution is -2.42. The fourth-order valence-corrected chi connectivity index (χ4v) is 2.88. The molecule has 1 fully saturated rings. The Hall–Kier alpha value is -0.900. The molecule has 0 amide bonds. The summed E-state index contributed by atoms with van der Waals surface area (Å²) in [5.74, 6) is -2.42. The number of nitrogens with one attached hydrogen (secondary N) is 1. The molecule has 0 spiro atoms. The molecule has 1 aromatic rings. The molecule has 2 atom stereocenters. The Balaban J connectivity index is 2.00. The molecule has 0 radical (unpaired) electrons. The molecule has 1 aliphatic carbocycles. The lowest BCUT2D eigenvalue weighted by molar-refractivity contribution is -0.0580. The number of rotatable bonds is 5. The molecule has 1 heterocycles. The van der Waals surface area contributed by atoms with Gasteiger partial charge in [-0.3, -0.25) is 0 Å². The van der Waals surface area contributed by atoms with Gasteiger partial charge in [0.2, 0.25) is 5.92 Å². The first kappa shape index (κ1) is 13.5. The largest absolute Gasteiger partial charge is 0.472 e. The molecule has 2 rings (SSSR count). The number of furan rings is 1. The summed E-state index contributed by atoms with van der Waals surface area (Å²) in [6.45, 7) is 2.83. The maximum absolute atomic E-state index is 13.5. The first-order valence-electron chi connectivity index (χ1n) is 6.73. The van der Waals surface area contributed by atoms with Gasteiger partial charge in [0.25, 0.3) is 0 Å². The number of hydrogen-bond donors (Lipinski definition) is 1. The second-order valence-electron chi connectivity index (χ2n) is 5.21. The van der Waals surface area contributed by atoms with Gasteiger partial charge in [0.05, 0.1) is 12.5 Å². The molecule has 1 aliphatic rings. The third-order valence-electron chi connectivity index (χ3n) is 3.75. The topological polar surface area (TPSA) is 25.2 Å². The predicted molar refractivity (Wildman–Crippen MR) is 66.8 cm³/mol. The van der Waals surface area contributed by atoms with Crippen LogP contribution in [0.25, 0.3) is 0 Å². The third kappa shape index (κ3) is 3.55. The molecule has 2 nitrogen and oxygen atoms in total. The van der Waals surface area contributed by atoms with Gasteiger partial charge in [-0.2, -0.15) is 0 Å². The fraction of sp³-hybridized carbons (Fsp3) is 0.714. The number of likely N-dealkylation sites (N-methyl/N-ethyl adjacent to an activating group) is 1. The lowest BCUT2D eigenvalue weighted by Gasteiger charge is -2.34. The van der Waals surface area contributed by atoms with Gasteiger partial charge < -0.3 is 9.73 Å². The zero-order valence-electron chi connectivity index (χ0n) is 10.8. The van der Waals surface area contributed by atoms with Crippen molar-refractivity contribution in [3.63, 3.8) is 0 Å². The van der Waals surface area contributed by atoms with Crippen molar-refractivity contribution >= 4 is 0 Å². The zero-order valence-corrected chi connectivity index (χ0v) is 10.8. The van der Waals surface area contributed by atoms with Gasteiger partial charge in [0.15, 0.2) is 0 Å². The molecule has 0 saturated heterocycles. The molecule has 1 N–H and O–H groups in total. The maximum Gasteiger partial charge on any atom is 0.248 e. The van der Waals surface area contributed by atoms with Crippen molar-refractivity contribution in [1.82, 2.24) is 5.32 Å². The summed E-state index contributed by atoms with van der Waals surface area (Å²) in [5, 5.41) is 3.35. The fourth-order valence-electron chi connectivity index (χ4n) is 2.88. The van der Waals surface area contributed by atoms with Crippen molar-refractivity contribution in [2.45, 2.75) is 51.0 Å². The summed E-state index contributed by atoms with van der Waals surface area (Å²) in [4.78, 5) is 0. The van der Waals surface area contributed by atoms with Crippen LogP contribution >= 0.6 is 0 Å². The minimum absolute atomic E-state index is 0.0164. The van der Waals surface area contributed by atoms with Gasteiger partial charge in [-0.15, -0.1) is 0 Å². The average molecular weight is 257 g/mol. The lowest BCUT2D eigenvalue weighted by atomic mass is 9.80. The van der Waals surface area contributed by atoms with E-state index >= 15 is 0 Å². The zero-order chi connectivity index (χ0) is 13.0. The number of hydrogen-bond acceptors (Lipinski definition) is 2. The van der Waals surface area contributed by atoms with E-state index < -0.39 is 5.92 Å². The van der Waals surface area contributed by atoms with Crippen LogP contribution in [0.5, 0.6) is 0 Å². The quantitative estimate of drug-likeness (QED) is 0.871. The van der Waals surface area contributed by atoms with Crippen LogP contribution in [0.2, 0.25) is 0 Å². The van der Waals surface area contributed by atoms with E-state index in [1.807, 2.05) is 13.0 Å². The van der Waals surface area contributed by atoms with E-state index in [0.29, 0.717) is 6.42 Å². The molecule has 0 aliphatic heterocycles. The van der Waals surface area contributed by atoms with Gasteiger partial charge in [0, 0.05) is 18.9 Å². The molecule has 18 heavy (non-hydrogen) atoms. The van der Waals surface area contributed by atoms with Crippen molar-refractivity contribution in [2.24, 2.45) is 5.92 Å². The highest BCUT2D eigenvalue weighted by Crippen LogP contribution is 2.38. The van der Waals surface area contributed by atoms with Crippen molar-refractivity contribution in [3.05, 3.63) is 24.2 Å². The monoisotopic (exact) mass is 257 g/mol. The van der Waals surface area contributed by atoms with Crippen LogP contribution in [-0.4, -0.2) is 18.5 Å². The predicted octanol–water partition coefficient (Wildman–Crippen LogP) is 3.63. The van der Waals surface area contributed by atoms with Gasteiger partial charge in [-0.1, -0.05) is 6.92 Å². The molecule has 102 valence electrons. The van der Waals surface area contributed by atoms with Gasteiger partial charge in [-0.25, -0.2) is 8.78 Å². The summed E-state index contributed by atoms with van der Waals surface area (Å²) >= 11 is 0. The molecular formula is C14H21F2NO. The molecule has 2 unspecified atom stereocenters. The molecule has 4 heteroatoms. The Labute approximate surface area is 107 Å². The SMILES string of the molecule is CCNC(Cc1ccoc1)C1CCCC(F)(F)C1. The standard InChI is InChI=1S/C14H21F2NO/c1-2-17-13(8-11-5-7-18-10-11)12-4-3-6-14(15,16)9-12/h5,7,10,12-13,17H,2-4,6,8-9H2,1H3. The Morgan fingerprint density at radius 3 is 3.00 bits per heavy atom. The average Bonchev–Trinajstić information content (AvgIpc) is 2.80. The van der Waals surface area contributed by atoms with E-state index in [0.717, 1.165) is 24.9 Å². The maximum atomic E-state index is 13.5. The molecule has 1 aromatic heterocycles. The van der Waals surface area contributed by atoms with Crippen LogP contribution < -0.4 is 5.32 Å². The van der Waals surface area contributed by atoms with E-state index in [1.165, 1.54) is 0 Å². The minimum atomic E-state index is -2.48. The second kappa shape index (κ2) is 5.83. The van der Waals surface area contributed by atoms with Crippen molar-refractivity contribution in [2.75, 3.05) is 6.54 Å². The Bertz CT molecular complexity index is 351. The third-order valence-corrected chi connectivity index (χ3v) is 3.75. The van der Waals surface area contributed by atoms with Crippen molar-refractivity contribution in [3.8, 4) is 0 Å². The van der Waals surface area contributed by atoms with Crippen molar-refractivity contribution < 1.29 is 13.2 Å².